The molecule has 0 saturated heterocycles. The van der Waals surface area contributed by atoms with Crippen molar-refractivity contribution in [2.75, 3.05) is 0 Å². The monoisotopic (exact) mass is 467 g/mol. The first kappa shape index (κ1) is 23.7. The zero-order valence-corrected chi connectivity index (χ0v) is 19.6. The van der Waals surface area contributed by atoms with Gasteiger partial charge in [-0.25, -0.2) is 0 Å². The maximum Gasteiger partial charge on any atom is 0.175 e. The summed E-state index contributed by atoms with van der Waals surface area (Å²) in [4.78, 5) is 25.6. The number of allylic oxidation sites excluding steroid dienone is 1. The molecule has 0 saturated carbocycles. The summed E-state index contributed by atoms with van der Waals surface area (Å²) < 4.78 is 0. The lowest BCUT2D eigenvalue weighted by Gasteiger charge is -2.23. The molecule has 0 aliphatic rings. The first-order valence-electron chi connectivity index (χ1n) is 11.1. The van der Waals surface area contributed by atoms with Crippen LogP contribution in [0.25, 0.3) is 16.8 Å². The van der Waals surface area contributed by atoms with Gasteiger partial charge in [-0.15, -0.1) is 4.91 Å². The molecule has 176 valence electrons. The van der Waals surface area contributed by atoms with E-state index in [0.717, 1.165) is 5.39 Å². The molecule has 4 rings (SSSR count). The third kappa shape index (κ3) is 4.38. The van der Waals surface area contributed by atoms with Crippen LogP contribution in [0, 0.1) is 18.8 Å². The van der Waals surface area contributed by atoms with E-state index in [4.69, 9.17) is 0 Å². The van der Waals surface area contributed by atoms with Gasteiger partial charge in [0.25, 0.3) is 0 Å². The van der Waals surface area contributed by atoms with Gasteiger partial charge in [-0.05, 0) is 89.3 Å². The molecular formula is C29H25NO5. The molecule has 6 nitrogen and oxygen atoms in total. The van der Waals surface area contributed by atoms with Crippen molar-refractivity contribution < 1.29 is 20.1 Å². The second-order valence-electron chi connectivity index (χ2n) is 8.57. The number of carbonyl (C=O) groups excluding carboxylic acids is 1. The summed E-state index contributed by atoms with van der Waals surface area (Å²) in [6.45, 7) is 5.30. The topological polar surface area (TPSA) is 107 Å². The highest BCUT2D eigenvalue weighted by molar-refractivity contribution is 6.09. The van der Waals surface area contributed by atoms with Gasteiger partial charge in [-0.3, -0.25) is 4.79 Å². The molecule has 35 heavy (non-hydrogen) atoms. The van der Waals surface area contributed by atoms with Gasteiger partial charge in [0.15, 0.2) is 5.78 Å². The van der Waals surface area contributed by atoms with Crippen LogP contribution in [0.5, 0.6) is 17.2 Å². The number of aromatic hydroxyl groups is 3. The number of fused-ring (bicyclic) bond motifs is 1. The fourth-order valence-corrected chi connectivity index (χ4v) is 4.52. The molecule has 1 unspecified atom stereocenters. The summed E-state index contributed by atoms with van der Waals surface area (Å²) in [5, 5.41) is 35.8. The Morgan fingerprint density at radius 3 is 2.26 bits per heavy atom. The molecule has 0 amide bonds. The van der Waals surface area contributed by atoms with Crippen LogP contribution in [0.15, 0.2) is 71.9 Å². The summed E-state index contributed by atoms with van der Waals surface area (Å²) in [6, 6.07) is 16.1. The molecule has 0 aromatic heterocycles. The zero-order chi connectivity index (χ0) is 25.3. The highest BCUT2D eigenvalue weighted by atomic mass is 16.3. The molecule has 4 aromatic rings. The van der Waals surface area contributed by atoms with Crippen molar-refractivity contribution in [2.45, 2.75) is 26.7 Å². The van der Waals surface area contributed by atoms with Crippen molar-refractivity contribution in [2.24, 2.45) is 5.18 Å². The molecule has 4 aromatic carbocycles. The predicted octanol–water partition coefficient (Wildman–Crippen LogP) is 7.02. The molecule has 0 fully saturated rings. The average Bonchev–Trinajstić information content (AvgIpc) is 2.84. The van der Waals surface area contributed by atoms with Crippen LogP contribution >= 0.6 is 0 Å². The average molecular weight is 468 g/mol. The quantitative estimate of drug-likeness (QED) is 0.209. The molecule has 0 aliphatic heterocycles. The third-order valence-electron chi connectivity index (χ3n) is 6.18. The van der Waals surface area contributed by atoms with Crippen LogP contribution in [0.1, 0.15) is 51.0 Å². The Bertz CT molecular complexity index is 1470. The van der Waals surface area contributed by atoms with Gasteiger partial charge >= 0.3 is 0 Å². The van der Waals surface area contributed by atoms with E-state index in [2.05, 4.69) is 5.18 Å². The van der Waals surface area contributed by atoms with E-state index < -0.39 is 5.92 Å². The Labute approximate surface area is 202 Å². The van der Waals surface area contributed by atoms with Crippen molar-refractivity contribution in [1.82, 2.24) is 0 Å². The van der Waals surface area contributed by atoms with E-state index in [1.165, 1.54) is 30.3 Å². The largest absolute Gasteiger partial charge is 0.508 e. The maximum absolute atomic E-state index is 14.3. The van der Waals surface area contributed by atoms with Crippen LogP contribution in [0.3, 0.4) is 0 Å². The number of aryl methyl sites for hydroxylation is 2. The van der Waals surface area contributed by atoms with Gasteiger partial charge in [-0.1, -0.05) is 42.5 Å². The molecule has 6 heteroatoms. The molecule has 3 N–H and O–H groups in total. The number of phenols is 3. The lowest BCUT2D eigenvalue weighted by atomic mass is 9.80. The van der Waals surface area contributed by atoms with Crippen LogP contribution < -0.4 is 0 Å². The Hall–Kier alpha value is -4.45. The van der Waals surface area contributed by atoms with E-state index in [9.17, 15) is 25.0 Å². The van der Waals surface area contributed by atoms with Gasteiger partial charge in [0.2, 0.25) is 0 Å². The van der Waals surface area contributed by atoms with Gasteiger partial charge in [-0.2, -0.15) is 0 Å². The molecule has 0 radical (unpaired) electrons. The molecule has 0 heterocycles. The molecule has 0 aliphatic carbocycles. The first-order chi connectivity index (χ1) is 16.7. The molecule has 0 bridgehead atoms. The van der Waals surface area contributed by atoms with Crippen LogP contribution in [0.2, 0.25) is 0 Å². The number of benzene rings is 4. The zero-order valence-electron chi connectivity index (χ0n) is 19.6. The summed E-state index contributed by atoms with van der Waals surface area (Å²) >= 11 is 0. The SMILES string of the molecule is C/C=C\c1ccc(N=O)cc1C(=O)C(c1cc(C)c(O)c(C)c1)c1c(O)ccc2ccc(O)cc12. The van der Waals surface area contributed by atoms with E-state index in [1.807, 2.05) is 6.92 Å². The number of nitroso groups, excluding NO2 is 1. The number of rotatable bonds is 6. The first-order valence-corrected chi connectivity index (χ1v) is 11.1. The third-order valence-corrected chi connectivity index (χ3v) is 6.18. The normalized spacial score (nSPS) is 12.2. The minimum absolute atomic E-state index is 0.00428. The lowest BCUT2D eigenvalue weighted by molar-refractivity contribution is 0.0973. The summed E-state index contributed by atoms with van der Waals surface area (Å²) in [5.41, 5.74) is 3.02. The highest BCUT2D eigenvalue weighted by Crippen LogP contribution is 2.42. The number of hydrogen-bond acceptors (Lipinski definition) is 6. The van der Waals surface area contributed by atoms with E-state index in [0.29, 0.717) is 33.2 Å². The van der Waals surface area contributed by atoms with Gasteiger partial charge in [0.1, 0.15) is 22.9 Å². The van der Waals surface area contributed by atoms with Gasteiger partial charge in [0, 0.05) is 11.1 Å². The smallest absolute Gasteiger partial charge is 0.175 e. The number of hydrogen-bond donors (Lipinski definition) is 3. The van der Waals surface area contributed by atoms with E-state index in [1.54, 1.807) is 56.3 Å². The van der Waals surface area contributed by atoms with Crippen LogP contribution in [-0.4, -0.2) is 21.1 Å². The number of carbonyl (C=O) groups is 1. The summed E-state index contributed by atoms with van der Waals surface area (Å²) in [5.74, 6) is -1.34. The highest BCUT2D eigenvalue weighted by Gasteiger charge is 2.31. The fraction of sp³-hybridized carbons (Fsp3) is 0.138. The van der Waals surface area contributed by atoms with Crippen molar-refractivity contribution in [1.29, 1.82) is 0 Å². The Kier molecular flexibility index (Phi) is 6.38. The minimum atomic E-state index is -0.996. The Balaban J connectivity index is 2.09. The van der Waals surface area contributed by atoms with Crippen molar-refractivity contribution in [3.8, 4) is 17.2 Å². The van der Waals surface area contributed by atoms with Gasteiger partial charge in [0.05, 0.1) is 5.92 Å². The number of Topliss-reactive ketones (excluding diaryl/α,β-unsaturated/α-hetero) is 1. The number of ketones is 1. The maximum atomic E-state index is 14.3. The van der Waals surface area contributed by atoms with Crippen molar-refractivity contribution in [3.05, 3.63) is 105 Å². The van der Waals surface area contributed by atoms with Crippen LogP contribution in [-0.2, 0) is 0 Å². The summed E-state index contributed by atoms with van der Waals surface area (Å²) in [7, 11) is 0. The summed E-state index contributed by atoms with van der Waals surface area (Å²) in [6.07, 6.45) is 3.55. The Morgan fingerprint density at radius 1 is 0.914 bits per heavy atom. The Morgan fingerprint density at radius 2 is 1.60 bits per heavy atom. The minimum Gasteiger partial charge on any atom is -0.508 e. The standard InChI is InChI=1S/C29H25NO5/c1-4-5-18-6-9-21(30-35)14-24(18)29(34)26(20-12-16(2)28(33)17(3)13-20)27-23-15-22(31)10-7-19(23)8-11-25(27)32/h4-15,26,31-33H,1-3H3/b5-4-. The lowest BCUT2D eigenvalue weighted by Crippen LogP contribution is -2.17. The predicted molar refractivity (Wildman–Crippen MR) is 138 cm³/mol. The van der Waals surface area contributed by atoms with Crippen LogP contribution in [0.4, 0.5) is 5.69 Å². The number of phenolic OH excluding ortho intramolecular Hbond substituents is 3. The van der Waals surface area contributed by atoms with Crippen molar-refractivity contribution >= 4 is 28.3 Å². The van der Waals surface area contributed by atoms with Crippen molar-refractivity contribution in [3.63, 3.8) is 0 Å². The molecule has 0 spiro atoms. The molecular weight excluding hydrogens is 442 g/mol. The van der Waals surface area contributed by atoms with Gasteiger partial charge < -0.3 is 15.3 Å². The second-order valence-corrected chi connectivity index (χ2v) is 8.57. The fourth-order valence-electron chi connectivity index (χ4n) is 4.52. The van der Waals surface area contributed by atoms with E-state index >= 15 is 0 Å². The van der Waals surface area contributed by atoms with E-state index in [-0.39, 0.29) is 34.3 Å². The molecule has 1 atom stereocenters. The second kappa shape index (κ2) is 9.43. The number of nitrogens with zero attached hydrogens (tertiary/aromatic N) is 1.